The summed E-state index contributed by atoms with van der Waals surface area (Å²) in [5.41, 5.74) is 2.59. The number of aromatic nitrogens is 3. The Morgan fingerprint density at radius 2 is 1.96 bits per heavy atom. The van der Waals surface area contributed by atoms with E-state index in [-0.39, 0.29) is 24.0 Å². The average Bonchev–Trinajstić information content (AvgIpc) is 2.85. The van der Waals surface area contributed by atoms with Crippen LogP contribution in [0, 0.1) is 13.8 Å². The van der Waals surface area contributed by atoms with Crippen molar-refractivity contribution in [3.8, 4) is 0 Å². The van der Waals surface area contributed by atoms with Crippen LogP contribution >= 0.6 is 24.0 Å². The maximum Gasteiger partial charge on any atom is 0.194 e. The molecule has 0 radical (unpaired) electrons. The topological polar surface area (TPSA) is 58.3 Å². The second kappa shape index (κ2) is 9.61. The molecule has 0 spiro atoms. The lowest BCUT2D eigenvalue weighted by Crippen LogP contribution is -2.38. The van der Waals surface area contributed by atoms with E-state index >= 15 is 0 Å². The van der Waals surface area contributed by atoms with E-state index in [1.165, 1.54) is 11.1 Å². The SMILES string of the molecule is CCNC(=NCc1nnc(C)n1C)N(C)Cc1ccccc1C.I. The number of aliphatic imine (C=N–C) groups is 1. The molecule has 0 aliphatic heterocycles. The van der Waals surface area contributed by atoms with E-state index < -0.39 is 0 Å². The Morgan fingerprint density at radius 3 is 2.54 bits per heavy atom. The Morgan fingerprint density at radius 1 is 1.25 bits per heavy atom. The maximum absolute atomic E-state index is 4.69. The summed E-state index contributed by atoms with van der Waals surface area (Å²) in [6.07, 6.45) is 0. The van der Waals surface area contributed by atoms with Crippen LogP contribution in [0.5, 0.6) is 0 Å². The lowest BCUT2D eigenvalue weighted by molar-refractivity contribution is 0.475. The predicted molar refractivity (Wildman–Crippen MR) is 109 cm³/mol. The van der Waals surface area contributed by atoms with Gasteiger partial charge >= 0.3 is 0 Å². The summed E-state index contributed by atoms with van der Waals surface area (Å²) in [5, 5.41) is 11.6. The Balaban J connectivity index is 0.00000288. The number of hydrogen-bond acceptors (Lipinski definition) is 3. The summed E-state index contributed by atoms with van der Waals surface area (Å²) in [5.74, 6) is 2.63. The van der Waals surface area contributed by atoms with Gasteiger partial charge in [-0.3, -0.25) is 0 Å². The van der Waals surface area contributed by atoms with Gasteiger partial charge in [-0.2, -0.15) is 0 Å². The second-order valence-electron chi connectivity index (χ2n) is 5.68. The molecule has 1 heterocycles. The van der Waals surface area contributed by atoms with Crippen LogP contribution in [0.15, 0.2) is 29.3 Å². The minimum atomic E-state index is 0. The fourth-order valence-corrected chi connectivity index (χ4v) is 2.32. The van der Waals surface area contributed by atoms with Crippen molar-refractivity contribution in [3.63, 3.8) is 0 Å². The van der Waals surface area contributed by atoms with E-state index in [1.807, 2.05) is 18.5 Å². The van der Waals surface area contributed by atoms with Crippen LogP contribution in [-0.4, -0.2) is 39.2 Å². The van der Waals surface area contributed by atoms with E-state index in [2.05, 4.69) is 65.6 Å². The molecule has 0 atom stereocenters. The molecule has 1 N–H and O–H groups in total. The van der Waals surface area contributed by atoms with Crippen molar-refractivity contribution in [1.29, 1.82) is 0 Å². The number of hydrogen-bond donors (Lipinski definition) is 1. The normalized spacial score (nSPS) is 11.1. The first kappa shape index (κ1) is 20.4. The molecule has 1 aromatic heterocycles. The summed E-state index contributed by atoms with van der Waals surface area (Å²) in [6, 6.07) is 8.42. The first-order chi connectivity index (χ1) is 11.0. The predicted octanol–water partition coefficient (Wildman–Crippen LogP) is 2.65. The highest BCUT2D eigenvalue weighted by Crippen LogP contribution is 2.10. The van der Waals surface area contributed by atoms with E-state index in [1.54, 1.807) is 0 Å². The number of benzene rings is 1. The fourth-order valence-electron chi connectivity index (χ4n) is 2.32. The molecule has 0 saturated heterocycles. The zero-order valence-corrected chi connectivity index (χ0v) is 17.4. The second-order valence-corrected chi connectivity index (χ2v) is 5.68. The summed E-state index contributed by atoms with van der Waals surface area (Å²) in [7, 11) is 4.01. The molecule has 2 rings (SSSR count). The highest BCUT2D eigenvalue weighted by molar-refractivity contribution is 14.0. The zero-order chi connectivity index (χ0) is 16.8. The highest BCUT2D eigenvalue weighted by Gasteiger charge is 2.09. The third kappa shape index (κ3) is 5.19. The lowest BCUT2D eigenvalue weighted by Gasteiger charge is -2.23. The number of guanidine groups is 1. The van der Waals surface area contributed by atoms with Crippen LogP contribution in [0.1, 0.15) is 29.7 Å². The Bertz CT molecular complexity index is 679. The van der Waals surface area contributed by atoms with Crippen LogP contribution in [0.3, 0.4) is 0 Å². The number of rotatable bonds is 5. The molecule has 132 valence electrons. The molecule has 6 nitrogen and oxygen atoms in total. The van der Waals surface area contributed by atoms with Crippen molar-refractivity contribution >= 4 is 29.9 Å². The van der Waals surface area contributed by atoms with Crippen molar-refractivity contribution in [2.45, 2.75) is 33.9 Å². The molecule has 0 aliphatic rings. The quantitative estimate of drug-likeness (QED) is 0.440. The molecular weight excluding hydrogens is 415 g/mol. The molecule has 7 heteroatoms. The molecular formula is C17H27IN6. The van der Waals surface area contributed by atoms with E-state index in [4.69, 9.17) is 4.99 Å². The standard InChI is InChI=1S/C17H26N6.HI/c1-6-18-17(19-11-16-21-20-14(3)23(16)5)22(4)12-15-10-8-7-9-13(15)2;/h7-10H,6,11-12H2,1-5H3,(H,18,19);1H. The van der Waals surface area contributed by atoms with Crippen LogP contribution in [0.25, 0.3) is 0 Å². The molecule has 0 bridgehead atoms. The largest absolute Gasteiger partial charge is 0.357 e. The van der Waals surface area contributed by atoms with Crippen molar-refractivity contribution in [2.75, 3.05) is 13.6 Å². The summed E-state index contributed by atoms with van der Waals surface area (Å²) < 4.78 is 1.97. The van der Waals surface area contributed by atoms with Gasteiger partial charge in [-0.05, 0) is 31.9 Å². The van der Waals surface area contributed by atoms with Crippen molar-refractivity contribution in [2.24, 2.45) is 12.0 Å². The van der Waals surface area contributed by atoms with E-state index in [0.717, 1.165) is 30.7 Å². The van der Waals surface area contributed by atoms with Gasteiger partial charge in [-0.25, -0.2) is 4.99 Å². The van der Waals surface area contributed by atoms with Gasteiger partial charge in [0, 0.05) is 27.2 Å². The van der Waals surface area contributed by atoms with Gasteiger partial charge in [0.15, 0.2) is 11.8 Å². The molecule has 0 unspecified atom stereocenters. The molecule has 2 aromatic rings. The van der Waals surface area contributed by atoms with Gasteiger partial charge in [0.2, 0.25) is 0 Å². The third-order valence-electron chi connectivity index (χ3n) is 3.92. The lowest BCUT2D eigenvalue weighted by atomic mass is 10.1. The number of aryl methyl sites for hydroxylation is 2. The minimum Gasteiger partial charge on any atom is -0.357 e. The van der Waals surface area contributed by atoms with E-state index in [9.17, 15) is 0 Å². The zero-order valence-electron chi connectivity index (χ0n) is 15.1. The molecule has 0 fully saturated rings. The molecule has 0 amide bonds. The number of nitrogens with zero attached hydrogens (tertiary/aromatic N) is 5. The van der Waals surface area contributed by atoms with Crippen LogP contribution in [0.4, 0.5) is 0 Å². The van der Waals surface area contributed by atoms with E-state index in [0.29, 0.717) is 6.54 Å². The summed E-state index contributed by atoms with van der Waals surface area (Å²) in [4.78, 5) is 6.83. The number of nitrogens with one attached hydrogen (secondary N) is 1. The monoisotopic (exact) mass is 442 g/mol. The van der Waals surface area contributed by atoms with Gasteiger partial charge in [0.25, 0.3) is 0 Å². The smallest absolute Gasteiger partial charge is 0.194 e. The van der Waals surface area contributed by atoms with Crippen LogP contribution in [-0.2, 0) is 20.1 Å². The van der Waals surface area contributed by atoms with Crippen LogP contribution < -0.4 is 5.32 Å². The van der Waals surface area contributed by atoms with Gasteiger partial charge in [0.1, 0.15) is 12.4 Å². The average molecular weight is 442 g/mol. The van der Waals surface area contributed by atoms with Crippen molar-refractivity contribution in [3.05, 3.63) is 47.0 Å². The highest BCUT2D eigenvalue weighted by atomic mass is 127. The van der Waals surface area contributed by atoms with Gasteiger partial charge in [-0.15, -0.1) is 34.2 Å². The first-order valence-corrected chi connectivity index (χ1v) is 7.91. The summed E-state index contributed by atoms with van der Waals surface area (Å²) >= 11 is 0. The third-order valence-corrected chi connectivity index (χ3v) is 3.92. The first-order valence-electron chi connectivity index (χ1n) is 7.91. The van der Waals surface area contributed by atoms with Crippen molar-refractivity contribution in [1.82, 2.24) is 25.0 Å². The fraction of sp³-hybridized carbons (Fsp3) is 0.471. The van der Waals surface area contributed by atoms with Crippen LogP contribution in [0.2, 0.25) is 0 Å². The molecule has 0 saturated carbocycles. The Labute approximate surface area is 161 Å². The van der Waals surface area contributed by atoms with Gasteiger partial charge in [-0.1, -0.05) is 24.3 Å². The Hall–Kier alpha value is -1.64. The number of halogens is 1. The summed E-state index contributed by atoms with van der Waals surface area (Å²) in [6.45, 7) is 8.30. The molecule has 1 aromatic carbocycles. The minimum absolute atomic E-state index is 0. The van der Waals surface area contributed by atoms with Gasteiger partial charge < -0.3 is 14.8 Å². The molecule has 0 aliphatic carbocycles. The van der Waals surface area contributed by atoms with Crippen molar-refractivity contribution < 1.29 is 0 Å². The maximum atomic E-state index is 4.69. The molecule has 24 heavy (non-hydrogen) atoms. The Kier molecular flexibility index (Phi) is 8.17. The van der Waals surface area contributed by atoms with Gasteiger partial charge in [0.05, 0.1) is 0 Å².